The van der Waals surface area contributed by atoms with Crippen LogP contribution in [0.25, 0.3) is 0 Å². The van der Waals surface area contributed by atoms with E-state index in [1.807, 2.05) is 19.1 Å². The lowest BCUT2D eigenvalue weighted by molar-refractivity contribution is -0.133. The average Bonchev–Trinajstić information content (AvgIpc) is 2.50. The molecule has 2 rings (SSSR count). The van der Waals surface area contributed by atoms with Crippen LogP contribution in [0.2, 0.25) is 0 Å². The molecule has 0 bridgehead atoms. The molecule has 2 amide bonds. The van der Waals surface area contributed by atoms with Gasteiger partial charge in [-0.05, 0) is 30.2 Å². The SMILES string of the molecule is CCc1ccccc1NC(=O)C(=O)Nc1ccccc1F. The lowest BCUT2D eigenvalue weighted by Crippen LogP contribution is -2.29. The van der Waals surface area contributed by atoms with Crippen molar-refractivity contribution in [3.05, 3.63) is 59.9 Å². The minimum absolute atomic E-state index is 0.0265. The number of anilines is 2. The van der Waals surface area contributed by atoms with E-state index in [1.54, 1.807) is 18.2 Å². The van der Waals surface area contributed by atoms with Gasteiger partial charge in [0, 0.05) is 5.69 Å². The van der Waals surface area contributed by atoms with Crippen molar-refractivity contribution in [2.24, 2.45) is 0 Å². The number of amides is 2. The van der Waals surface area contributed by atoms with Crippen molar-refractivity contribution in [3.8, 4) is 0 Å². The standard InChI is InChI=1S/C16H15FN2O2/c1-2-11-7-3-5-9-13(11)18-15(20)16(21)19-14-10-6-4-8-12(14)17/h3-10H,2H2,1H3,(H,18,20)(H,19,21). The molecule has 0 aliphatic carbocycles. The van der Waals surface area contributed by atoms with Crippen LogP contribution in [0.15, 0.2) is 48.5 Å². The number of hydrogen-bond acceptors (Lipinski definition) is 2. The second-order valence-corrected chi connectivity index (χ2v) is 4.40. The summed E-state index contributed by atoms with van der Waals surface area (Å²) in [5.41, 5.74) is 1.47. The van der Waals surface area contributed by atoms with E-state index in [0.29, 0.717) is 5.69 Å². The molecule has 0 saturated carbocycles. The number of carbonyl (C=O) groups excluding carboxylic acids is 2. The molecule has 21 heavy (non-hydrogen) atoms. The summed E-state index contributed by atoms with van der Waals surface area (Å²) in [6, 6.07) is 12.9. The molecule has 108 valence electrons. The Balaban J connectivity index is 2.07. The molecule has 0 saturated heterocycles. The third-order valence-electron chi connectivity index (χ3n) is 2.97. The van der Waals surface area contributed by atoms with Crippen molar-refractivity contribution >= 4 is 23.2 Å². The largest absolute Gasteiger partial charge is 0.318 e. The van der Waals surface area contributed by atoms with Gasteiger partial charge in [-0.3, -0.25) is 9.59 Å². The van der Waals surface area contributed by atoms with E-state index in [0.717, 1.165) is 12.0 Å². The molecule has 2 aromatic carbocycles. The Hall–Kier alpha value is -2.69. The zero-order chi connectivity index (χ0) is 15.2. The van der Waals surface area contributed by atoms with Gasteiger partial charge in [-0.2, -0.15) is 0 Å². The van der Waals surface area contributed by atoms with Crippen LogP contribution in [0.3, 0.4) is 0 Å². The normalized spacial score (nSPS) is 10.0. The summed E-state index contributed by atoms with van der Waals surface area (Å²) in [6.45, 7) is 1.95. The molecule has 0 fully saturated rings. The molecule has 0 aliphatic heterocycles. The maximum atomic E-state index is 13.4. The summed E-state index contributed by atoms with van der Waals surface area (Å²) < 4.78 is 13.4. The number of halogens is 1. The molecule has 4 nitrogen and oxygen atoms in total. The molecule has 0 atom stereocenters. The summed E-state index contributed by atoms with van der Waals surface area (Å²) in [7, 11) is 0. The zero-order valence-electron chi connectivity index (χ0n) is 11.5. The van der Waals surface area contributed by atoms with Gasteiger partial charge in [-0.1, -0.05) is 37.3 Å². The third kappa shape index (κ3) is 3.66. The van der Waals surface area contributed by atoms with Gasteiger partial charge in [0.15, 0.2) is 0 Å². The van der Waals surface area contributed by atoms with Gasteiger partial charge >= 0.3 is 11.8 Å². The Morgan fingerprint density at radius 1 is 0.905 bits per heavy atom. The van der Waals surface area contributed by atoms with E-state index in [-0.39, 0.29) is 5.69 Å². The third-order valence-corrected chi connectivity index (χ3v) is 2.97. The van der Waals surface area contributed by atoms with Crippen LogP contribution < -0.4 is 10.6 Å². The Kier molecular flexibility index (Phi) is 4.66. The van der Waals surface area contributed by atoms with Crippen molar-refractivity contribution in [3.63, 3.8) is 0 Å². The number of benzene rings is 2. The molecule has 0 spiro atoms. The summed E-state index contributed by atoms with van der Waals surface area (Å²) in [5, 5.41) is 4.77. The predicted octanol–water partition coefficient (Wildman–Crippen LogP) is 2.97. The van der Waals surface area contributed by atoms with Crippen molar-refractivity contribution in [2.45, 2.75) is 13.3 Å². The van der Waals surface area contributed by atoms with Crippen LogP contribution >= 0.6 is 0 Å². The van der Waals surface area contributed by atoms with E-state index in [9.17, 15) is 14.0 Å². The molecule has 0 radical (unpaired) electrons. The van der Waals surface area contributed by atoms with Crippen molar-refractivity contribution in [2.75, 3.05) is 10.6 Å². The number of rotatable bonds is 3. The van der Waals surface area contributed by atoms with Gasteiger partial charge in [-0.15, -0.1) is 0 Å². The number of nitrogens with one attached hydrogen (secondary N) is 2. The highest BCUT2D eigenvalue weighted by Gasteiger charge is 2.16. The lowest BCUT2D eigenvalue weighted by atomic mass is 10.1. The van der Waals surface area contributed by atoms with Crippen LogP contribution in [-0.4, -0.2) is 11.8 Å². The molecular formula is C16H15FN2O2. The minimum Gasteiger partial charge on any atom is -0.318 e. The van der Waals surface area contributed by atoms with E-state index in [1.165, 1.54) is 18.2 Å². The molecule has 0 aromatic heterocycles. The van der Waals surface area contributed by atoms with Crippen LogP contribution in [0, 0.1) is 5.82 Å². The number of hydrogen-bond donors (Lipinski definition) is 2. The molecule has 5 heteroatoms. The second-order valence-electron chi connectivity index (χ2n) is 4.40. The molecular weight excluding hydrogens is 271 g/mol. The van der Waals surface area contributed by atoms with Gasteiger partial charge < -0.3 is 10.6 Å². The topological polar surface area (TPSA) is 58.2 Å². The fourth-order valence-electron chi connectivity index (χ4n) is 1.87. The highest BCUT2D eigenvalue weighted by Crippen LogP contribution is 2.16. The van der Waals surface area contributed by atoms with Crippen molar-refractivity contribution in [1.82, 2.24) is 0 Å². The Labute approximate surface area is 122 Å². The van der Waals surface area contributed by atoms with Crippen molar-refractivity contribution < 1.29 is 14.0 Å². The van der Waals surface area contributed by atoms with E-state index in [2.05, 4.69) is 10.6 Å². The molecule has 2 aromatic rings. The molecule has 2 N–H and O–H groups in total. The fraction of sp³-hybridized carbons (Fsp3) is 0.125. The van der Waals surface area contributed by atoms with Crippen LogP contribution in [-0.2, 0) is 16.0 Å². The first kappa shape index (κ1) is 14.7. The van der Waals surface area contributed by atoms with E-state index < -0.39 is 17.6 Å². The fourth-order valence-corrected chi connectivity index (χ4v) is 1.87. The van der Waals surface area contributed by atoms with Crippen LogP contribution in [0.4, 0.5) is 15.8 Å². The van der Waals surface area contributed by atoms with Gasteiger partial charge in [0.05, 0.1) is 5.69 Å². The first-order valence-corrected chi connectivity index (χ1v) is 6.56. The first-order valence-electron chi connectivity index (χ1n) is 6.56. The summed E-state index contributed by atoms with van der Waals surface area (Å²) >= 11 is 0. The Bertz CT molecular complexity index is 671. The smallest absolute Gasteiger partial charge is 0.314 e. The molecule has 0 aliphatic rings. The Morgan fingerprint density at radius 3 is 2.05 bits per heavy atom. The summed E-state index contributed by atoms with van der Waals surface area (Å²) in [4.78, 5) is 23.6. The number of aryl methyl sites for hydroxylation is 1. The maximum absolute atomic E-state index is 13.4. The quantitative estimate of drug-likeness (QED) is 0.852. The van der Waals surface area contributed by atoms with E-state index in [4.69, 9.17) is 0 Å². The first-order chi connectivity index (χ1) is 10.1. The highest BCUT2D eigenvalue weighted by atomic mass is 19.1. The minimum atomic E-state index is -0.911. The molecule has 0 heterocycles. The van der Waals surface area contributed by atoms with Gasteiger partial charge in [-0.25, -0.2) is 4.39 Å². The predicted molar refractivity (Wildman–Crippen MR) is 79.5 cm³/mol. The van der Waals surface area contributed by atoms with Crippen molar-refractivity contribution in [1.29, 1.82) is 0 Å². The zero-order valence-corrected chi connectivity index (χ0v) is 11.5. The number of carbonyl (C=O) groups is 2. The average molecular weight is 286 g/mol. The second kappa shape index (κ2) is 6.65. The summed E-state index contributed by atoms with van der Waals surface area (Å²) in [5.74, 6) is -2.34. The van der Waals surface area contributed by atoms with Crippen LogP contribution in [0.5, 0.6) is 0 Å². The van der Waals surface area contributed by atoms with Gasteiger partial charge in [0.2, 0.25) is 0 Å². The monoisotopic (exact) mass is 286 g/mol. The molecule has 0 unspecified atom stereocenters. The highest BCUT2D eigenvalue weighted by molar-refractivity contribution is 6.43. The van der Waals surface area contributed by atoms with Gasteiger partial charge in [0.1, 0.15) is 5.82 Å². The maximum Gasteiger partial charge on any atom is 0.314 e. The lowest BCUT2D eigenvalue weighted by Gasteiger charge is -2.10. The number of para-hydroxylation sites is 2. The Morgan fingerprint density at radius 2 is 1.43 bits per heavy atom. The van der Waals surface area contributed by atoms with Crippen LogP contribution in [0.1, 0.15) is 12.5 Å². The van der Waals surface area contributed by atoms with E-state index >= 15 is 0 Å². The summed E-state index contributed by atoms with van der Waals surface area (Å²) in [6.07, 6.45) is 0.728. The van der Waals surface area contributed by atoms with Gasteiger partial charge in [0.25, 0.3) is 0 Å².